The van der Waals surface area contributed by atoms with E-state index in [-0.39, 0.29) is 28.6 Å². The van der Waals surface area contributed by atoms with Crippen LogP contribution in [0.25, 0.3) is 10.9 Å². The summed E-state index contributed by atoms with van der Waals surface area (Å²) in [5, 5.41) is 12.7. The molecular weight excluding hydrogens is 603 g/mol. The Balaban J connectivity index is 1.06. The Morgan fingerprint density at radius 3 is 2.51 bits per heavy atom. The van der Waals surface area contributed by atoms with Crippen molar-refractivity contribution in [2.45, 2.75) is 71.5 Å². The number of piperazine rings is 1. The Bertz CT molecular complexity index is 1980. The summed E-state index contributed by atoms with van der Waals surface area (Å²) in [6.45, 7) is 9.24. The van der Waals surface area contributed by atoms with Crippen molar-refractivity contribution in [3.63, 3.8) is 0 Å². The number of hydrogen-bond donors (Lipinski definition) is 3. The van der Waals surface area contributed by atoms with Crippen molar-refractivity contribution in [2.75, 3.05) is 36.4 Å². The number of pyridine rings is 1. The Labute approximate surface area is 271 Å². The number of hydrogen-bond acceptors (Lipinski definition) is 7. The van der Waals surface area contributed by atoms with E-state index in [0.717, 1.165) is 37.9 Å². The number of aromatic amines is 1. The molecule has 12 heteroatoms. The van der Waals surface area contributed by atoms with Gasteiger partial charge >= 0.3 is 11.7 Å². The monoisotopic (exact) mass is 644 g/mol. The number of benzene rings is 2. The minimum atomic E-state index is -1.31. The molecule has 0 amide bonds. The van der Waals surface area contributed by atoms with Crippen molar-refractivity contribution in [1.29, 1.82) is 0 Å². The zero-order valence-corrected chi connectivity index (χ0v) is 27.0. The van der Waals surface area contributed by atoms with Crippen LogP contribution in [0.2, 0.25) is 0 Å². The largest absolute Gasteiger partial charge is 0.477 e. The number of fused-ring (bicyclic) bond motifs is 1. The summed E-state index contributed by atoms with van der Waals surface area (Å²) < 4.78 is 18.5. The first kappa shape index (κ1) is 32.2. The van der Waals surface area contributed by atoms with Crippen molar-refractivity contribution in [2.24, 2.45) is 0 Å². The fourth-order valence-corrected chi connectivity index (χ4v) is 6.67. The molecule has 248 valence electrons. The normalized spacial score (nSPS) is 16.9. The van der Waals surface area contributed by atoms with Crippen LogP contribution in [0.3, 0.4) is 0 Å². The molecule has 3 heterocycles. The molecule has 1 aliphatic carbocycles. The molecule has 0 spiro atoms. The maximum atomic E-state index is 15.5. The predicted octanol–water partition coefficient (Wildman–Crippen LogP) is 4.63. The summed E-state index contributed by atoms with van der Waals surface area (Å²) in [5.41, 5.74) is 2.35. The molecular formula is C35H41FN6O5. The van der Waals surface area contributed by atoms with Crippen molar-refractivity contribution in [1.82, 2.24) is 19.0 Å². The number of nitrogens with one attached hydrogen (secondary N) is 2. The van der Waals surface area contributed by atoms with E-state index in [1.807, 2.05) is 34.6 Å². The zero-order valence-electron chi connectivity index (χ0n) is 27.0. The van der Waals surface area contributed by atoms with Crippen LogP contribution in [0.4, 0.5) is 21.6 Å². The van der Waals surface area contributed by atoms with Gasteiger partial charge in [0.15, 0.2) is 0 Å². The molecule has 0 unspecified atom stereocenters. The Kier molecular flexibility index (Phi) is 9.05. The van der Waals surface area contributed by atoms with E-state index >= 15 is 4.39 Å². The summed E-state index contributed by atoms with van der Waals surface area (Å²) >= 11 is 0. The average Bonchev–Trinajstić information content (AvgIpc) is 3.87. The van der Waals surface area contributed by atoms with Gasteiger partial charge in [-0.25, -0.2) is 14.0 Å². The highest BCUT2D eigenvalue weighted by Gasteiger charge is 2.30. The van der Waals surface area contributed by atoms with E-state index in [1.165, 1.54) is 34.0 Å². The first-order valence-corrected chi connectivity index (χ1v) is 16.4. The van der Waals surface area contributed by atoms with Crippen LogP contribution in [0.15, 0.2) is 57.0 Å². The molecule has 11 nitrogen and oxygen atoms in total. The van der Waals surface area contributed by atoms with Crippen LogP contribution in [0.5, 0.6) is 0 Å². The highest BCUT2D eigenvalue weighted by molar-refractivity contribution is 5.93. The van der Waals surface area contributed by atoms with Gasteiger partial charge in [-0.05, 0) is 87.9 Å². The number of aromatic carboxylic acids is 1. The number of nitrogens with zero attached hydrogens (tertiary/aromatic N) is 4. The van der Waals surface area contributed by atoms with Gasteiger partial charge in [0.25, 0.3) is 5.56 Å². The van der Waals surface area contributed by atoms with E-state index in [9.17, 15) is 24.3 Å². The lowest BCUT2D eigenvalue weighted by Gasteiger charge is -2.41. The van der Waals surface area contributed by atoms with Crippen LogP contribution < -0.4 is 26.9 Å². The molecule has 0 radical (unpaired) electrons. The Morgan fingerprint density at radius 1 is 1.06 bits per heavy atom. The number of anilines is 3. The van der Waals surface area contributed by atoms with Gasteiger partial charge in [0.2, 0.25) is 5.43 Å². The number of carboxylic acid groups (broad SMARTS) is 1. The molecule has 1 aliphatic heterocycles. The molecule has 1 saturated heterocycles. The van der Waals surface area contributed by atoms with Crippen LogP contribution in [0.1, 0.15) is 67.1 Å². The lowest BCUT2D eigenvalue weighted by Crippen LogP contribution is -2.52. The number of halogens is 1. The lowest BCUT2D eigenvalue weighted by atomic mass is 10.1. The number of carboxylic acids is 1. The number of carbonyl (C=O) groups is 1. The highest BCUT2D eigenvalue weighted by atomic mass is 19.1. The molecule has 0 bridgehead atoms. The molecule has 1 atom stereocenters. The fraction of sp³-hybridized carbons (Fsp3) is 0.429. The van der Waals surface area contributed by atoms with E-state index < -0.39 is 22.9 Å². The second-order valence-electron chi connectivity index (χ2n) is 12.8. The predicted molar refractivity (Wildman–Crippen MR) is 181 cm³/mol. The smallest absolute Gasteiger partial charge is 0.341 e. The summed E-state index contributed by atoms with van der Waals surface area (Å²) in [5.74, 6) is -1.49. The minimum absolute atomic E-state index is 0.0115. The second-order valence-corrected chi connectivity index (χ2v) is 12.8. The quantitative estimate of drug-likeness (QED) is 0.202. The number of aryl methyl sites for hydroxylation is 2. The van der Waals surface area contributed by atoms with E-state index in [2.05, 4.69) is 29.0 Å². The standard InChI is InChI=1S/C35H41FN6O5/c1-4-23-15-24(8-7-21(23)2)37-31-18-32(43)41(35(47)38-31)12-6-5-11-39-13-14-40(22(3)19-39)30-17-29-26(16-28(30)36)33(44)27(34(45)46)20-42(29)25-9-10-25/h7-8,15-18,20,22,25,37H,4-6,9-14,19H2,1-3H3,(H,38,47)(H,45,46)/t22-/m1/s1. The lowest BCUT2D eigenvalue weighted by molar-refractivity contribution is 0.0695. The van der Waals surface area contributed by atoms with E-state index in [0.29, 0.717) is 49.6 Å². The Hall–Kier alpha value is -4.71. The molecule has 3 N–H and O–H groups in total. The Morgan fingerprint density at radius 2 is 1.83 bits per heavy atom. The van der Waals surface area contributed by atoms with Gasteiger partial charge in [0, 0.05) is 61.6 Å². The summed E-state index contributed by atoms with van der Waals surface area (Å²) in [7, 11) is 0. The molecule has 1 saturated carbocycles. The van der Waals surface area contributed by atoms with Gasteiger partial charge in [-0.3, -0.25) is 24.0 Å². The molecule has 4 aromatic rings. The molecule has 47 heavy (non-hydrogen) atoms. The second kappa shape index (κ2) is 13.2. The molecule has 2 fully saturated rings. The van der Waals surface area contributed by atoms with Crippen LogP contribution in [-0.2, 0) is 13.0 Å². The van der Waals surface area contributed by atoms with Crippen molar-refractivity contribution < 1.29 is 14.3 Å². The van der Waals surface area contributed by atoms with Gasteiger partial charge in [-0.1, -0.05) is 13.0 Å². The maximum absolute atomic E-state index is 15.5. The van der Waals surface area contributed by atoms with Gasteiger partial charge in [0.1, 0.15) is 17.2 Å². The van der Waals surface area contributed by atoms with Crippen LogP contribution >= 0.6 is 0 Å². The van der Waals surface area contributed by atoms with Crippen LogP contribution in [0, 0.1) is 12.7 Å². The zero-order chi connectivity index (χ0) is 33.4. The first-order valence-electron chi connectivity index (χ1n) is 16.4. The third-order valence-corrected chi connectivity index (χ3v) is 9.43. The van der Waals surface area contributed by atoms with Crippen molar-refractivity contribution in [3.05, 3.63) is 96.2 Å². The van der Waals surface area contributed by atoms with Gasteiger partial charge in [-0.15, -0.1) is 0 Å². The molecule has 2 aliphatic rings. The number of aromatic nitrogens is 3. The first-order chi connectivity index (χ1) is 22.5. The summed E-state index contributed by atoms with van der Waals surface area (Å²) in [6, 6.07) is 10.3. The third kappa shape index (κ3) is 6.73. The molecule has 2 aromatic heterocycles. The SMILES string of the molecule is CCc1cc(Nc2cc(=O)n(CCCCN3CCN(c4cc5c(cc4F)c(=O)c(C(=O)O)cn5C4CC4)[C@H](C)C3)c(=O)[nH]2)ccc1C. The van der Waals surface area contributed by atoms with Gasteiger partial charge in [-0.2, -0.15) is 0 Å². The third-order valence-electron chi connectivity index (χ3n) is 9.43. The molecule has 6 rings (SSSR count). The maximum Gasteiger partial charge on any atom is 0.341 e. The number of H-pyrrole nitrogens is 1. The van der Waals surface area contributed by atoms with Gasteiger partial charge < -0.3 is 19.9 Å². The topological polar surface area (TPSA) is 133 Å². The van der Waals surface area contributed by atoms with Gasteiger partial charge in [0.05, 0.1) is 11.2 Å². The molecule has 2 aromatic carbocycles. The van der Waals surface area contributed by atoms with Crippen molar-refractivity contribution in [3.8, 4) is 0 Å². The van der Waals surface area contributed by atoms with Crippen molar-refractivity contribution >= 4 is 34.1 Å². The number of rotatable bonds is 11. The average molecular weight is 645 g/mol. The summed E-state index contributed by atoms with van der Waals surface area (Å²) in [4.78, 5) is 57.1. The minimum Gasteiger partial charge on any atom is -0.477 e. The van der Waals surface area contributed by atoms with Crippen LogP contribution in [-0.4, -0.2) is 62.3 Å². The summed E-state index contributed by atoms with van der Waals surface area (Å²) in [6.07, 6.45) is 5.49. The highest BCUT2D eigenvalue weighted by Crippen LogP contribution is 2.38. The van der Waals surface area contributed by atoms with E-state index in [1.54, 1.807) is 6.07 Å². The van der Waals surface area contributed by atoms with E-state index in [4.69, 9.17) is 0 Å². The fourth-order valence-electron chi connectivity index (χ4n) is 6.67. The number of unbranched alkanes of at least 4 members (excludes halogenated alkanes) is 1.